The number of nitrogen functional groups attached to an aromatic ring is 1. The largest absolute Gasteiger partial charge is 0.368 e. The molecule has 0 atom stereocenters. The Balaban J connectivity index is 2.44. The van der Waals surface area contributed by atoms with Crippen molar-refractivity contribution in [2.24, 2.45) is 0 Å². The molecule has 0 unspecified atom stereocenters. The second-order valence-corrected chi connectivity index (χ2v) is 4.31. The minimum Gasteiger partial charge on any atom is -0.368 e. The van der Waals surface area contributed by atoms with Crippen molar-refractivity contribution in [1.29, 1.82) is 0 Å². The van der Waals surface area contributed by atoms with Gasteiger partial charge in [0.15, 0.2) is 0 Å². The maximum Gasteiger partial charge on any atom is 0.332 e. The molecule has 7 heteroatoms. The van der Waals surface area contributed by atoms with Crippen molar-refractivity contribution < 1.29 is 4.92 Å². The van der Waals surface area contributed by atoms with Crippen molar-refractivity contribution in [1.82, 2.24) is 9.97 Å². The molecule has 1 fully saturated rings. The summed E-state index contributed by atoms with van der Waals surface area (Å²) in [6.45, 7) is 3.54. The molecule has 1 heterocycles. The van der Waals surface area contributed by atoms with Gasteiger partial charge in [-0.25, -0.2) is 4.98 Å². The molecule has 0 saturated heterocycles. The third-order valence-corrected chi connectivity index (χ3v) is 2.68. The molecule has 1 aliphatic rings. The molecule has 0 bridgehead atoms. The van der Waals surface area contributed by atoms with E-state index in [2.05, 4.69) is 15.3 Å². The van der Waals surface area contributed by atoms with Gasteiger partial charge in [0, 0.05) is 5.54 Å². The molecule has 0 aromatic carbocycles. The summed E-state index contributed by atoms with van der Waals surface area (Å²) < 4.78 is 0. The van der Waals surface area contributed by atoms with E-state index in [9.17, 15) is 10.1 Å². The normalized spacial score (nSPS) is 16.9. The molecule has 0 spiro atoms. The highest BCUT2D eigenvalue weighted by Crippen LogP contribution is 2.40. The standard InChI is InChI=1S/C9H13N5O2/c1-5-6(14(15)16)7(12-8(10)11-5)13-9(2)3-4-9/h3-4H2,1-2H3,(H3,10,11,12,13). The average Bonchev–Trinajstić information content (AvgIpc) is 2.80. The SMILES string of the molecule is Cc1nc(N)nc(NC2(C)CC2)c1[N+](=O)[O-]. The number of nitrogens with one attached hydrogen (secondary N) is 1. The van der Waals surface area contributed by atoms with Gasteiger partial charge in [-0.15, -0.1) is 0 Å². The van der Waals surface area contributed by atoms with E-state index in [1.807, 2.05) is 6.92 Å². The minimum atomic E-state index is -0.483. The molecule has 16 heavy (non-hydrogen) atoms. The fourth-order valence-corrected chi connectivity index (χ4v) is 1.49. The van der Waals surface area contributed by atoms with E-state index in [4.69, 9.17) is 5.73 Å². The number of hydrogen-bond acceptors (Lipinski definition) is 6. The van der Waals surface area contributed by atoms with Gasteiger partial charge in [0.25, 0.3) is 0 Å². The lowest BCUT2D eigenvalue weighted by Crippen LogP contribution is -2.19. The maximum absolute atomic E-state index is 10.9. The van der Waals surface area contributed by atoms with Crippen LogP contribution in [0.15, 0.2) is 0 Å². The van der Waals surface area contributed by atoms with Crippen LogP contribution in [0, 0.1) is 17.0 Å². The molecule has 2 rings (SSSR count). The summed E-state index contributed by atoms with van der Waals surface area (Å²) in [6, 6.07) is 0. The van der Waals surface area contributed by atoms with Crippen LogP contribution in [0.25, 0.3) is 0 Å². The van der Waals surface area contributed by atoms with Crippen molar-refractivity contribution in [3.63, 3.8) is 0 Å². The lowest BCUT2D eigenvalue weighted by molar-refractivity contribution is -0.385. The predicted octanol–water partition coefficient (Wildman–Crippen LogP) is 1.24. The summed E-state index contributed by atoms with van der Waals surface area (Å²) in [7, 11) is 0. The topological polar surface area (TPSA) is 107 Å². The van der Waals surface area contributed by atoms with Crippen molar-refractivity contribution in [3.05, 3.63) is 15.8 Å². The number of nitrogens with two attached hydrogens (primary N) is 1. The summed E-state index contributed by atoms with van der Waals surface area (Å²) in [6.07, 6.45) is 1.96. The Morgan fingerprint density at radius 2 is 2.12 bits per heavy atom. The highest BCUT2D eigenvalue weighted by atomic mass is 16.6. The molecule has 1 saturated carbocycles. The molecular formula is C9H13N5O2. The molecular weight excluding hydrogens is 210 g/mol. The first-order chi connectivity index (χ1) is 7.41. The Hall–Kier alpha value is -1.92. The second kappa shape index (κ2) is 3.29. The third-order valence-electron chi connectivity index (χ3n) is 2.68. The molecule has 1 aromatic heterocycles. The summed E-state index contributed by atoms with van der Waals surface area (Å²) in [4.78, 5) is 18.1. The Bertz CT molecular complexity index is 455. The van der Waals surface area contributed by atoms with Gasteiger partial charge >= 0.3 is 5.69 Å². The number of rotatable bonds is 3. The van der Waals surface area contributed by atoms with E-state index < -0.39 is 4.92 Å². The zero-order valence-electron chi connectivity index (χ0n) is 9.15. The van der Waals surface area contributed by atoms with Crippen molar-refractivity contribution in [3.8, 4) is 0 Å². The fraction of sp³-hybridized carbons (Fsp3) is 0.556. The quantitative estimate of drug-likeness (QED) is 0.589. The van der Waals surface area contributed by atoms with E-state index in [0.717, 1.165) is 12.8 Å². The van der Waals surface area contributed by atoms with Crippen LogP contribution in [0.3, 0.4) is 0 Å². The van der Waals surface area contributed by atoms with Gasteiger partial charge in [0.2, 0.25) is 11.8 Å². The highest BCUT2D eigenvalue weighted by molar-refractivity contribution is 5.62. The van der Waals surface area contributed by atoms with Gasteiger partial charge in [-0.2, -0.15) is 4.98 Å². The van der Waals surface area contributed by atoms with Crippen molar-refractivity contribution >= 4 is 17.5 Å². The molecule has 0 amide bonds. The van der Waals surface area contributed by atoms with Crippen LogP contribution in [-0.2, 0) is 0 Å². The first-order valence-electron chi connectivity index (χ1n) is 4.98. The van der Waals surface area contributed by atoms with Crippen LogP contribution in [0.2, 0.25) is 0 Å². The molecule has 7 nitrogen and oxygen atoms in total. The lowest BCUT2D eigenvalue weighted by atomic mass is 10.3. The van der Waals surface area contributed by atoms with E-state index in [1.54, 1.807) is 6.92 Å². The summed E-state index contributed by atoms with van der Waals surface area (Å²) in [5, 5.41) is 14.0. The summed E-state index contributed by atoms with van der Waals surface area (Å²) in [5.74, 6) is 0.268. The highest BCUT2D eigenvalue weighted by Gasteiger charge is 2.39. The number of anilines is 2. The number of nitro groups is 1. The van der Waals surface area contributed by atoms with Gasteiger partial charge in [0.1, 0.15) is 5.69 Å². The molecule has 0 aliphatic heterocycles. The zero-order valence-corrected chi connectivity index (χ0v) is 9.15. The second-order valence-electron chi connectivity index (χ2n) is 4.31. The van der Waals surface area contributed by atoms with Crippen molar-refractivity contribution in [2.45, 2.75) is 32.2 Å². The average molecular weight is 223 g/mol. The molecule has 0 radical (unpaired) electrons. The van der Waals surface area contributed by atoms with Crippen LogP contribution in [0.5, 0.6) is 0 Å². The lowest BCUT2D eigenvalue weighted by Gasteiger charge is -2.13. The number of aryl methyl sites for hydroxylation is 1. The fourth-order valence-electron chi connectivity index (χ4n) is 1.49. The first kappa shape index (κ1) is 10.6. The van der Waals surface area contributed by atoms with Crippen molar-refractivity contribution in [2.75, 3.05) is 11.1 Å². The third kappa shape index (κ3) is 1.88. The molecule has 1 aliphatic carbocycles. The maximum atomic E-state index is 10.9. The number of nitrogens with zero attached hydrogens (tertiary/aromatic N) is 3. The predicted molar refractivity (Wildman–Crippen MR) is 59.1 cm³/mol. The van der Waals surface area contributed by atoms with Gasteiger partial charge < -0.3 is 11.1 Å². The number of hydrogen-bond donors (Lipinski definition) is 2. The Morgan fingerprint density at radius 3 is 2.62 bits per heavy atom. The molecule has 3 N–H and O–H groups in total. The van der Waals surface area contributed by atoms with Crippen LogP contribution in [-0.4, -0.2) is 20.4 Å². The van der Waals surface area contributed by atoms with E-state index >= 15 is 0 Å². The molecule has 1 aromatic rings. The van der Waals surface area contributed by atoms with Gasteiger partial charge in [0.05, 0.1) is 4.92 Å². The van der Waals surface area contributed by atoms with Crippen LogP contribution >= 0.6 is 0 Å². The Kier molecular flexibility index (Phi) is 2.18. The van der Waals surface area contributed by atoms with Gasteiger partial charge in [-0.3, -0.25) is 10.1 Å². The van der Waals surface area contributed by atoms with E-state index in [0.29, 0.717) is 0 Å². The Morgan fingerprint density at radius 1 is 1.50 bits per heavy atom. The van der Waals surface area contributed by atoms with Crippen LogP contribution < -0.4 is 11.1 Å². The molecule has 86 valence electrons. The smallest absolute Gasteiger partial charge is 0.332 e. The summed E-state index contributed by atoms with van der Waals surface area (Å²) in [5.41, 5.74) is 5.58. The van der Waals surface area contributed by atoms with Gasteiger partial charge in [-0.1, -0.05) is 0 Å². The Labute approximate surface area is 92.2 Å². The van der Waals surface area contributed by atoms with Crippen LogP contribution in [0.4, 0.5) is 17.5 Å². The zero-order chi connectivity index (χ0) is 11.9. The van der Waals surface area contributed by atoms with Gasteiger partial charge in [-0.05, 0) is 26.7 Å². The monoisotopic (exact) mass is 223 g/mol. The first-order valence-corrected chi connectivity index (χ1v) is 4.98. The summed E-state index contributed by atoms with van der Waals surface area (Å²) >= 11 is 0. The minimum absolute atomic E-state index is 0.0508. The van der Waals surface area contributed by atoms with Crippen LogP contribution in [0.1, 0.15) is 25.5 Å². The van der Waals surface area contributed by atoms with E-state index in [-0.39, 0.29) is 28.7 Å². The number of aromatic nitrogens is 2. The van der Waals surface area contributed by atoms with E-state index in [1.165, 1.54) is 0 Å².